The topological polar surface area (TPSA) is 79.6 Å². The largest absolute Gasteiger partial charge is 0.494 e. The Morgan fingerprint density at radius 3 is 2.38 bits per heavy atom. The number of halogens is 1. The zero-order valence-corrected chi connectivity index (χ0v) is 17.0. The number of benzene rings is 2. The molecule has 29 heavy (non-hydrogen) atoms. The number of likely N-dealkylation sites (N-methyl/N-ethyl adjacent to an activating group) is 1. The van der Waals surface area contributed by atoms with Crippen LogP contribution in [0, 0.1) is 11.3 Å². The van der Waals surface area contributed by atoms with E-state index in [1.165, 1.54) is 11.0 Å². The number of carbonyl (C=O) groups excluding carboxylic acids is 2. The maximum Gasteiger partial charge on any atom is 0.349 e. The number of esters is 1. The summed E-state index contributed by atoms with van der Waals surface area (Å²) in [7, 11) is 1.60. The van der Waals surface area contributed by atoms with Crippen LogP contribution in [0.2, 0.25) is 5.02 Å². The molecule has 0 fully saturated rings. The first-order chi connectivity index (χ1) is 13.9. The first kappa shape index (κ1) is 22.0. The molecular formula is C22H21ClN2O4. The summed E-state index contributed by atoms with van der Waals surface area (Å²) in [5.41, 5.74) is 1.35. The van der Waals surface area contributed by atoms with Gasteiger partial charge in [0, 0.05) is 18.6 Å². The Morgan fingerprint density at radius 1 is 1.14 bits per heavy atom. The van der Waals surface area contributed by atoms with Crippen LogP contribution in [-0.4, -0.2) is 37.0 Å². The molecule has 0 aromatic heterocycles. The van der Waals surface area contributed by atoms with Crippen LogP contribution < -0.4 is 4.74 Å². The van der Waals surface area contributed by atoms with Gasteiger partial charge in [-0.2, -0.15) is 5.26 Å². The minimum absolute atomic E-state index is 0.192. The first-order valence-corrected chi connectivity index (χ1v) is 9.31. The quantitative estimate of drug-likeness (QED) is 0.374. The van der Waals surface area contributed by atoms with E-state index < -0.39 is 12.6 Å². The highest BCUT2D eigenvalue weighted by Gasteiger charge is 2.16. The van der Waals surface area contributed by atoms with Crippen LogP contribution in [0.4, 0.5) is 0 Å². The Balaban J connectivity index is 1.92. The Hall–Kier alpha value is -3.30. The lowest BCUT2D eigenvalue weighted by molar-refractivity contribution is -0.148. The van der Waals surface area contributed by atoms with Gasteiger partial charge in [0.05, 0.1) is 6.61 Å². The molecule has 0 aliphatic heterocycles. The minimum Gasteiger partial charge on any atom is -0.494 e. The molecule has 0 N–H and O–H groups in total. The molecule has 0 saturated carbocycles. The van der Waals surface area contributed by atoms with E-state index in [1.54, 1.807) is 49.5 Å². The molecule has 0 aliphatic carbocycles. The van der Waals surface area contributed by atoms with Crippen molar-refractivity contribution in [3.63, 3.8) is 0 Å². The number of ether oxygens (including phenoxy) is 2. The Morgan fingerprint density at radius 2 is 1.79 bits per heavy atom. The molecule has 0 heterocycles. The normalized spacial score (nSPS) is 10.8. The summed E-state index contributed by atoms with van der Waals surface area (Å²) in [5, 5.41) is 9.85. The molecule has 0 radical (unpaired) electrons. The molecular weight excluding hydrogens is 392 g/mol. The molecule has 2 aromatic rings. The summed E-state index contributed by atoms with van der Waals surface area (Å²) in [6.45, 7) is 2.32. The average molecular weight is 413 g/mol. The number of carbonyl (C=O) groups is 2. The molecule has 0 atom stereocenters. The summed E-state index contributed by atoms with van der Waals surface area (Å²) in [4.78, 5) is 25.8. The van der Waals surface area contributed by atoms with Crippen LogP contribution in [0.15, 0.2) is 54.1 Å². The predicted molar refractivity (Wildman–Crippen MR) is 110 cm³/mol. The number of hydrogen-bond donors (Lipinski definition) is 0. The van der Waals surface area contributed by atoms with Crippen molar-refractivity contribution in [3.05, 3.63) is 70.3 Å². The van der Waals surface area contributed by atoms with E-state index in [-0.39, 0.29) is 11.5 Å². The molecule has 1 amide bonds. The second kappa shape index (κ2) is 10.9. The summed E-state index contributed by atoms with van der Waals surface area (Å²) in [6, 6.07) is 15.8. The van der Waals surface area contributed by atoms with Gasteiger partial charge < -0.3 is 14.4 Å². The third-order valence-corrected chi connectivity index (χ3v) is 4.18. The molecule has 0 spiro atoms. The molecule has 0 bridgehead atoms. The van der Waals surface area contributed by atoms with Crippen molar-refractivity contribution in [2.75, 3.05) is 20.3 Å². The average Bonchev–Trinajstić information content (AvgIpc) is 2.73. The molecule has 2 aromatic carbocycles. The van der Waals surface area contributed by atoms with Crippen LogP contribution in [0.5, 0.6) is 5.75 Å². The van der Waals surface area contributed by atoms with Crippen molar-refractivity contribution in [2.45, 2.75) is 13.5 Å². The van der Waals surface area contributed by atoms with E-state index in [2.05, 4.69) is 0 Å². The fourth-order valence-corrected chi connectivity index (χ4v) is 2.52. The number of amides is 1. The van der Waals surface area contributed by atoms with Gasteiger partial charge in [-0.05, 0) is 48.4 Å². The van der Waals surface area contributed by atoms with E-state index in [0.717, 1.165) is 5.56 Å². The maximum atomic E-state index is 12.2. The lowest BCUT2D eigenvalue weighted by Crippen LogP contribution is -2.31. The van der Waals surface area contributed by atoms with Gasteiger partial charge in [0.15, 0.2) is 6.61 Å². The zero-order chi connectivity index (χ0) is 21.2. The second-order valence-corrected chi connectivity index (χ2v) is 6.56. The first-order valence-electron chi connectivity index (χ1n) is 8.93. The fraction of sp³-hybridized carbons (Fsp3) is 0.227. The molecule has 6 nitrogen and oxygen atoms in total. The summed E-state index contributed by atoms with van der Waals surface area (Å²) in [5.74, 6) is -0.540. The van der Waals surface area contributed by atoms with Crippen molar-refractivity contribution in [2.24, 2.45) is 0 Å². The third-order valence-electron chi connectivity index (χ3n) is 3.93. The van der Waals surface area contributed by atoms with Gasteiger partial charge in [-0.1, -0.05) is 35.9 Å². The molecule has 0 saturated heterocycles. The van der Waals surface area contributed by atoms with Crippen LogP contribution in [0.3, 0.4) is 0 Å². The molecule has 7 heteroatoms. The molecule has 150 valence electrons. The third kappa shape index (κ3) is 6.98. The summed E-state index contributed by atoms with van der Waals surface area (Å²) >= 11 is 5.84. The van der Waals surface area contributed by atoms with Gasteiger partial charge in [0.25, 0.3) is 5.91 Å². The van der Waals surface area contributed by atoms with E-state index in [4.69, 9.17) is 21.1 Å². The highest BCUT2D eigenvalue weighted by Crippen LogP contribution is 2.15. The molecule has 0 unspecified atom stereocenters. The Bertz CT molecular complexity index is 915. The van der Waals surface area contributed by atoms with Crippen LogP contribution in [0.1, 0.15) is 18.1 Å². The molecule has 0 aliphatic rings. The van der Waals surface area contributed by atoms with E-state index in [1.807, 2.05) is 19.1 Å². The lowest BCUT2D eigenvalue weighted by Gasteiger charge is -2.17. The van der Waals surface area contributed by atoms with Crippen LogP contribution >= 0.6 is 11.6 Å². The van der Waals surface area contributed by atoms with Gasteiger partial charge >= 0.3 is 5.97 Å². The van der Waals surface area contributed by atoms with E-state index >= 15 is 0 Å². The molecule has 2 rings (SSSR count). The van der Waals surface area contributed by atoms with Crippen LogP contribution in [-0.2, 0) is 20.9 Å². The minimum atomic E-state index is -0.852. The standard InChI is InChI=1S/C22H21ClN2O4/c1-3-28-20-10-6-16(7-11-20)12-18(13-24)22(27)29-15-21(26)25(2)14-17-4-8-19(23)9-5-17/h4-12H,3,14-15H2,1-2H3/b18-12+. The SMILES string of the molecule is CCOc1ccc(/C=C(\C#N)C(=O)OCC(=O)N(C)Cc2ccc(Cl)cc2)cc1. The number of hydrogen-bond acceptors (Lipinski definition) is 5. The van der Waals surface area contributed by atoms with Gasteiger partial charge in [-0.15, -0.1) is 0 Å². The summed E-state index contributed by atoms with van der Waals surface area (Å²) < 4.78 is 10.4. The highest BCUT2D eigenvalue weighted by molar-refractivity contribution is 6.30. The van der Waals surface area contributed by atoms with E-state index in [9.17, 15) is 14.9 Å². The van der Waals surface area contributed by atoms with Crippen LogP contribution in [0.25, 0.3) is 6.08 Å². The van der Waals surface area contributed by atoms with Gasteiger partial charge in [-0.25, -0.2) is 4.79 Å². The Labute approximate surface area is 174 Å². The highest BCUT2D eigenvalue weighted by atomic mass is 35.5. The van der Waals surface area contributed by atoms with Crippen molar-refractivity contribution in [1.82, 2.24) is 4.90 Å². The second-order valence-electron chi connectivity index (χ2n) is 6.12. The number of nitriles is 1. The number of rotatable bonds is 8. The lowest BCUT2D eigenvalue weighted by atomic mass is 10.1. The monoisotopic (exact) mass is 412 g/mol. The van der Waals surface area contributed by atoms with Crippen molar-refractivity contribution in [3.8, 4) is 11.8 Å². The van der Waals surface area contributed by atoms with Gasteiger partial charge in [-0.3, -0.25) is 4.79 Å². The fourth-order valence-electron chi connectivity index (χ4n) is 2.40. The Kier molecular flexibility index (Phi) is 8.26. The predicted octanol–water partition coefficient (Wildman–Crippen LogP) is 3.85. The maximum absolute atomic E-state index is 12.2. The van der Waals surface area contributed by atoms with Crippen molar-refractivity contribution >= 4 is 29.6 Å². The van der Waals surface area contributed by atoms with Crippen molar-refractivity contribution < 1.29 is 19.1 Å². The van der Waals surface area contributed by atoms with E-state index in [0.29, 0.717) is 29.5 Å². The summed E-state index contributed by atoms with van der Waals surface area (Å²) in [6.07, 6.45) is 1.40. The van der Waals surface area contributed by atoms with Crippen molar-refractivity contribution in [1.29, 1.82) is 5.26 Å². The zero-order valence-electron chi connectivity index (χ0n) is 16.2. The number of nitrogens with zero attached hydrogens (tertiary/aromatic N) is 2. The van der Waals surface area contributed by atoms with Gasteiger partial charge in [0.1, 0.15) is 17.4 Å². The van der Waals surface area contributed by atoms with Gasteiger partial charge in [0.2, 0.25) is 0 Å². The smallest absolute Gasteiger partial charge is 0.349 e.